The van der Waals surface area contributed by atoms with E-state index in [9.17, 15) is 4.79 Å². The van der Waals surface area contributed by atoms with Crippen LogP contribution in [0.25, 0.3) is 11.0 Å². The maximum Gasteiger partial charge on any atom is 0.253 e. The van der Waals surface area contributed by atoms with Gasteiger partial charge in [0.15, 0.2) is 0 Å². The van der Waals surface area contributed by atoms with E-state index in [1.54, 1.807) is 0 Å². The second-order valence-corrected chi connectivity index (χ2v) is 4.27. The topological polar surface area (TPSA) is 57.8 Å². The molecule has 3 rings (SSSR count). The summed E-state index contributed by atoms with van der Waals surface area (Å²) < 4.78 is 0. The smallest absolute Gasteiger partial charge is 0.253 e. The molecule has 0 radical (unpaired) electrons. The highest BCUT2D eigenvalue weighted by atomic mass is 16.1. The lowest BCUT2D eigenvalue weighted by atomic mass is 10.1. The maximum absolute atomic E-state index is 12.0. The molecule has 2 aromatic rings. The molecule has 1 aromatic carbocycles. The number of carbonyl (C=O) groups is 1. The third-order valence-corrected chi connectivity index (χ3v) is 2.79. The summed E-state index contributed by atoms with van der Waals surface area (Å²) in [6.07, 6.45) is 2.20. The number of imidazole rings is 1. The molecule has 0 aliphatic heterocycles. The Morgan fingerprint density at radius 3 is 3.06 bits per heavy atom. The molecule has 1 amide bonds. The lowest BCUT2D eigenvalue weighted by Crippen LogP contribution is -2.25. The summed E-state index contributed by atoms with van der Waals surface area (Å²) in [7, 11) is 0. The number of benzene rings is 1. The largest absolute Gasteiger partial charge is 0.349 e. The molecule has 2 N–H and O–H groups in total. The summed E-state index contributed by atoms with van der Waals surface area (Å²) in [5.41, 5.74) is 2.34. The number of H-pyrrole nitrogens is 1. The molecule has 82 valence electrons. The number of hydrogen-bond donors (Lipinski definition) is 2. The number of carbonyl (C=O) groups excluding carboxylic acids is 1. The molecule has 0 saturated heterocycles. The molecule has 1 aromatic heterocycles. The van der Waals surface area contributed by atoms with Crippen LogP contribution in [-0.2, 0) is 0 Å². The SMILES string of the molecule is Cc1nc2c(C(=O)NC3CC3)cccc2[nH]1. The van der Waals surface area contributed by atoms with Gasteiger partial charge in [-0.05, 0) is 31.9 Å². The summed E-state index contributed by atoms with van der Waals surface area (Å²) in [5.74, 6) is 0.821. The van der Waals surface area contributed by atoms with Gasteiger partial charge in [0.25, 0.3) is 5.91 Å². The predicted molar refractivity (Wildman–Crippen MR) is 61.3 cm³/mol. The van der Waals surface area contributed by atoms with Crippen LogP contribution >= 0.6 is 0 Å². The maximum atomic E-state index is 12.0. The minimum atomic E-state index is -0.0143. The third-order valence-electron chi connectivity index (χ3n) is 2.79. The quantitative estimate of drug-likeness (QED) is 0.802. The number of aromatic nitrogens is 2. The van der Waals surface area contributed by atoms with Gasteiger partial charge in [-0.3, -0.25) is 4.79 Å². The Hall–Kier alpha value is -1.84. The van der Waals surface area contributed by atoms with Crippen molar-refractivity contribution >= 4 is 16.9 Å². The van der Waals surface area contributed by atoms with Gasteiger partial charge in [-0.15, -0.1) is 0 Å². The fourth-order valence-electron chi connectivity index (χ4n) is 1.83. The van der Waals surface area contributed by atoms with Crippen LogP contribution in [0.15, 0.2) is 18.2 Å². The van der Waals surface area contributed by atoms with Crippen LogP contribution in [-0.4, -0.2) is 21.9 Å². The van der Waals surface area contributed by atoms with Crippen LogP contribution in [0.5, 0.6) is 0 Å². The van der Waals surface area contributed by atoms with E-state index in [0.717, 1.165) is 29.7 Å². The van der Waals surface area contributed by atoms with E-state index in [1.807, 2.05) is 25.1 Å². The van der Waals surface area contributed by atoms with E-state index in [2.05, 4.69) is 15.3 Å². The molecule has 1 heterocycles. The van der Waals surface area contributed by atoms with Crippen molar-refractivity contribution in [2.75, 3.05) is 0 Å². The molecule has 1 saturated carbocycles. The molecule has 16 heavy (non-hydrogen) atoms. The van der Waals surface area contributed by atoms with Gasteiger partial charge >= 0.3 is 0 Å². The Morgan fingerprint density at radius 2 is 2.31 bits per heavy atom. The van der Waals surface area contributed by atoms with E-state index >= 15 is 0 Å². The molecule has 4 heteroatoms. The fraction of sp³-hybridized carbons (Fsp3) is 0.333. The van der Waals surface area contributed by atoms with Crippen LogP contribution in [0.1, 0.15) is 29.0 Å². The molecular weight excluding hydrogens is 202 g/mol. The second kappa shape index (κ2) is 3.33. The third kappa shape index (κ3) is 1.56. The van der Waals surface area contributed by atoms with Gasteiger partial charge in [0, 0.05) is 6.04 Å². The highest BCUT2D eigenvalue weighted by molar-refractivity contribution is 6.05. The van der Waals surface area contributed by atoms with Crippen molar-refractivity contribution in [1.82, 2.24) is 15.3 Å². The average molecular weight is 215 g/mol. The van der Waals surface area contributed by atoms with Crippen molar-refractivity contribution in [2.45, 2.75) is 25.8 Å². The van der Waals surface area contributed by atoms with E-state index < -0.39 is 0 Å². The van der Waals surface area contributed by atoms with Gasteiger partial charge in [0.05, 0.1) is 11.1 Å². The highest BCUT2D eigenvalue weighted by Gasteiger charge is 2.24. The fourth-order valence-corrected chi connectivity index (χ4v) is 1.83. The Balaban J connectivity index is 2.03. The summed E-state index contributed by atoms with van der Waals surface area (Å²) in [4.78, 5) is 19.4. The van der Waals surface area contributed by atoms with Crippen molar-refractivity contribution < 1.29 is 4.79 Å². The van der Waals surface area contributed by atoms with Gasteiger partial charge in [-0.1, -0.05) is 6.07 Å². The molecule has 1 aliphatic rings. The molecule has 0 spiro atoms. The summed E-state index contributed by atoms with van der Waals surface area (Å²) in [6, 6.07) is 6.01. The van der Waals surface area contributed by atoms with Crippen LogP contribution in [0.4, 0.5) is 0 Å². The molecule has 4 nitrogen and oxygen atoms in total. The van der Waals surface area contributed by atoms with Gasteiger partial charge < -0.3 is 10.3 Å². The van der Waals surface area contributed by atoms with Crippen molar-refractivity contribution in [2.24, 2.45) is 0 Å². The molecule has 0 atom stereocenters. The predicted octanol–water partition coefficient (Wildman–Crippen LogP) is 1.76. The van der Waals surface area contributed by atoms with Crippen molar-refractivity contribution in [1.29, 1.82) is 0 Å². The lowest BCUT2D eigenvalue weighted by Gasteiger charge is -2.03. The standard InChI is InChI=1S/C12H13N3O/c1-7-13-10-4-2-3-9(11(10)14-7)12(16)15-8-5-6-8/h2-4,8H,5-6H2,1H3,(H,13,14)(H,15,16). The zero-order valence-electron chi connectivity index (χ0n) is 9.08. The zero-order valence-corrected chi connectivity index (χ0v) is 9.08. The number of nitrogens with zero attached hydrogens (tertiary/aromatic N) is 1. The summed E-state index contributed by atoms with van der Waals surface area (Å²) in [5, 5.41) is 2.98. The van der Waals surface area contributed by atoms with Gasteiger partial charge in [-0.2, -0.15) is 0 Å². The highest BCUT2D eigenvalue weighted by Crippen LogP contribution is 2.21. The molecule has 0 bridgehead atoms. The van der Waals surface area contributed by atoms with Crippen LogP contribution in [0.3, 0.4) is 0 Å². The number of amides is 1. The lowest BCUT2D eigenvalue weighted by molar-refractivity contribution is 0.0952. The number of aromatic amines is 1. The van der Waals surface area contributed by atoms with Gasteiger partial charge in [0.1, 0.15) is 11.3 Å². The molecule has 1 fully saturated rings. The van der Waals surface area contributed by atoms with Gasteiger partial charge in [0.2, 0.25) is 0 Å². The average Bonchev–Trinajstić information content (AvgIpc) is 2.96. The summed E-state index contributed by atoms with van der Waals surface area (Å²) in [6.45, 7) is 1.89. The van der Waals surface area contributed by atoms with E-state index in [1.165, 1.54) is 0 Å². The monoisotopic (exact) mass is 215 g/mol. The Kier molecular flexibility index (Phi) is 1.96. The molecule has 1 aliphatic carbocycles. The zero-order chi connectivity index (χ0) is 11.1. The second-order valence-electron chi connectivity index (χ2n) is 4.27. The normalized spacial score (nSPS) is 15.3. The summed E-state index contributed by atoms with van der Waals surface area (Å²) >= 11 is 0. The van der Waals surface area contributed by atoms with Gasteiger partial charge in [-0.25, -0.2) is 4.98 Å². The first-order chi connectivity index (χ1) is 7.74. The minimum absolute atomic E-state index is 0.0143. The number of fused-ring (bicyclic) bond motifs is 1. The molecular formula is C12H13N3O. The van der Waals surface area contributed by atoms with Crippen LogP contribution in [0.2, 0.25) is 0 Å². The first-order valence-corrected chi connectivity index (χ1v) is 5.50. The van der Waals surface area contributed by atoms with Crippen LogP contribution in [0, 0.1) is 6.92 Å². The van der Waals surface area contributed by atoms with E-state index in [4.69, 9.17) is 0 Å². The van der Waals surface area contributed by atoms with E-state index in [-0.39, 0.29) is 5.91 Å². The first kappa shape index (κ1) is 9.39. The number of hydrogen-bond acceptors (Lipinski definition) is 2. The molecule has 0 unspecified atom stereocenters. The number of rotatable bonds is 2. The first-order valence-electron chi connectivity index (χ1n) is 5.50. The van der Waals surface area contributed by atoms with Crippen molar-refractivity contribution in [3.05, 3.63) is 29.6 Å². The van der Waals surface area contributed by atoms with Crippen molar-refractivity contribution in [3.63, 3.8) is 0 Å². The Labute approximate surface area is 93.1 Å². The Morgan fingerprint density at radius 1 is 1.50 bits per heavy atom. The minimum Gasteiger partial charge on any atom is -0.349 e. The number of aryl methyl sites for hydroxylation is 1. The number of nitrogens with one attached hydrogen (secondary N) is 2. The van der Waals surface area contributed by atoms with Crippen molar-refractivity contribution in [3.8, 4) is 0 Å². The Bertz CT molecular complexity index is 554. The number of para-hydroxylation sites is 1. The van der Waals surface area contributed by atoms with Crippen LogP contribution < -0.4 is 5.32 Å². The van der Waals surface area contributed by atoms with E-state index in [0.29, 0.717) is 11.6 Å².